The second-order valence-electron chi connectivity index (χ2n) is 8.01. The predicted octanol–water partition coefficient (Wildman–Crippen LogP) is 5.26. The van der Waals surface area contributed by atoms with Crippen LogP contribution < -0.4 is 10.5 Å². The Morgan fingerprint density at radius 1 is 1.40 bits per heavy atom. The summed E-state index contributed by atoms with van der Waals surface area (Å²) in [5, 5.41) is 10.8. The van der Waals surface area contributed by atoms with Crippen molar-refractivity contribution >= 4 is 35.2 Å². The van der Waals surface area contributed by atoms with Crippen LogP contribution in [0.15, 0.2) is 24.0 Å². The highest BCUT2D eigenvalue weighted by molar-refractivity contribution is 7.92. The van der Waals surface area contributed by atoms with Gasteiger partial charge < -0.3 is 9.50 Å². The maximum Gasteiger partial charge on any atom is 0.208 e. The lowest BCUT2D eigenvalue weighted by Crippen LogP contribution is -2.15. The highest BCUT2D eigenvalue weighted by Crippen LogP contribution is 2.29. The van der Waals surface area contributed by atoms with Gasteiger partial charge in [0.05, 0.1) is 29.3 Å². The topological polar surface area (TPSA) is 90.1 Å². The van der Waals surface area contributed by atoms with E-state index in [-0.39, 0.29) is 5.78 Å². The van der Waals surface area contributed by atoms with Crippen LogP contribution in [-0.4, -0.2) is 28.9 Å². The molecule has 6 nitrogen and oxygen atoms in total. The quantitative estimate of drug-likeness (QED) is 0.260. The molecule has 2 aromatic heterocycles. The van der Waals surface area contributed by atoms with Gasteiger partial charge in [0.1, 0.15) is 12.1 Å². The first-order valence-electron chi connectivity index (χ1n) is 10.9. The molecule has 1 unspecified atom stereocenters. The van der Waals surface area contributed by atoms with E-state index < -0.39 is 0 Å². The lowest BCUT2D eigenvalue weighted by atomic mass is 9.85. The second-order valence-corrected chi connectivity index (χ2v) is 9.35. The summed E-state index contributed by atoms with van der Waals surface area (Å²) in [6, 6.07) is 2.06. The first-order chi connectivity index (χ1) is 14.7. The number of carbonyl (C=O) groups excluding carboxylic acids is 1. The molecule has 1 fully saturated rings. The molecule has 0 amide bonds. The van der Waals surface area contributed by atoms with Crippen LogP contribution in [0.5, 0.6) is 0 Å². The van der Waals surface area contributed by atoms with E-state index in [0.29, 0.717) is 30.5 Å². The first-order valence-corrected chi connectivity index (χ1v) is 12.5. The van der Waals surface area contributed by atoms with Gasteiger partial charge in [-0.15, -0.1) is 11.3 Å². The van der Waals surface area contributed by atoms with Gasteiger partial charge in [0.25, 0.3) is 0 Å². The number of aromatic nitrogens is 2. The lowest BCUT2D eigenvalue weighted by molar-refractivity contribution is 0.104. The van der Waals surface area contributed by atoms with Gasteiger partial charge in [-0.3, -0.25) is 9.93 Å². The van der Waals surface area contributed by atoms with Crippen molar-refractivity contribution in [3.63, 3.8) is 0 Å². The van der Waals surface area contributed by atoms with Crippen LogP contribution in [0.25, 0.3) is 0 Å². The Balaban J connectivity index is 1.59. The van der Waals surface area contributed by atoms with Crippen molar-refractivity contribution in [2.75, 3.05) is 18.5 Å². The number of hydrogen-bond acceptors (Lipinski definition) is 8. The number of carbonyl (C=O) groups is 1. The number of nitrogens with zero attached hydrogens (tertiary/aromatic N) is 2. The summed E-state index contributed by atoms with van der Waals surface area (Å²) in [5.41, 5.74) is 1.82. The normalized spacial score (nSPS) is 15.8. The van der Waals surface area contributed by atoms with Crippen LogP contribution in [0.2, 0.25) is 0 Å². The third-order valence-electron chi connectivity index (χ3n) is 5.88. The molecule has 0 radical (unpaired) electrons. The maximum atomic E-state index is 13.1. The number of nitrogens with two attached hydrogens (primary N) is 1. The standard InChI is InChI=1S/C22H32N4O2S2/c1-2-16(13-28-30-23)8-9-25-22-19(12-24-15-26-22)21(27)20-11-18(14-29-20)10-17-6-4-3-5-7-17/h11-12,14-17H,2-10,13,23H2,1H3,(H,24,25,26). The van der Waals surface area contributed by atoms with Crippen molar-refractivity contribution in [2.45, 2.75) is 58.3 Å². The minimum atomic E-state index is -0.00657. The van der Waals surface area contributed by atoms with E-state index in [2.05, 4.69) is 33.7 Å². The lowest BCUT2D eigenvalue weighted by Gasteiger charge is -2.20. The zero-order valence-electron chi connectivity index (χ0n) is 17.6. The fourth-order valence-corrected chi connectivity index (χ4v) is 5.18. The van der Waals surface area contributed by atoms with Crippen molar-refractivity contribution in [3.8, 4) is 0 Å². The third-order valence-corrected chi connectivity index (χ3v) is 7.13. The Morgan fingerprint density at radius 3 is 3.00 bits per heavy atom. The number of ketones is 1. The molecule has 0 aromatic carbocycles. The average Bonchev–Trinajstić information content (AvgIpc) is 3.25. The predicted molar refractivity (Wildman–Crippen MR) is 125 cm³/mol. The van der Waals surface area contributed by atoms with Gasteiger partial charge >= 0.3 is 0 Å². The first kappa shape index (κ1) is 23.2. The highest BCUT2D eigenvalue weighted by Gasteiger charge is 2.19. The molecule has 2 aromatic rings. The molecule has 1 aliphatic carbocycles. The Labute approximate surface area is 187 Å². The summed E-state index contributed by atoms with van der Waals surface area (Å²) >= 11 is 2.43. The Kier molecular flexibility index (Phi) is 9.58. The van der Waals surface area contributed by atoms with Crippen LogP contribution >= 0.6 is 23.6 Å². The van der Waals surface area contributed by atoms with Crippen LogP contribution in [0.3, 0.4) is 0 Å². The number of thiophene rings is 1. The smallest absolute Gasteiger partial charge is 0.208 e. The minimum absolute atomic E-state index is 0.00657. The zero-order chi connectivity index (χ0) is 21.2. The van der Waals surface area contributed by atoms with E-state index in [1.54, 1.807) is 6.20 Å². The van der Waals surface area contributed by atoms with Crippen LogP contribution in [-0.2, 0) is 10.6 Å². The summed E-state index contributed by atoms with van der Waals surface area (Å²) in [7, 11) is 0. The molecular weight excluding hydrogens is 416 g/mol. The van der Waals surface area contributed by atoms with Crippen molar-refractivity contribution in [1.82, 2.24) is 9.97 Å². The second kappa shape index (κ2) is 12.4. The maximum absolute atomic E-state index is 13.1. The van der Waals surface area contributed by atoms with E-state index in [1.807, 2.05) is 0 Å². The van der Waals surface area contributed by atoms with E-state index in [4.69, 9.17) is 9.32 Å². The molecule has 3 N–H and O–H groups in total. The summed E-state index contributed by atoms with van der Waals surface area (Å²) in [6.45, 7) is 3.47. The van der Waals surface area contributed by atoms with Gasteiger partial charge in [0.2, 0.25) is 5.78 Å². The molecule has 30 heavy (non-hydrogen) atoms. The SMILES string of the molecule is CCC(CCNc1ncncc1C(=O)c1cc(CC2CCCCC2)cs1)COSN. The molecule has 0 spiro atoms. The average molecular weight is 449 g/mol. The molecule has 1 atom stereocenters. The summed E-state index contributed by atoms with van der Waals surface area (Å²) in [6.07, 6.45) is 12.8. The van der Waals surface area contributed by atoms with E-state index in [0.717, 1.165) is 42.3 Å². The van der Waals surface area contributed by atoms with Crippen LogP contribution in [0.1, 0.15) is 72.7 Å². The molecule has 8 heteroatoms. The van der Waals surface area contributed by atoms with Crippen LogP contribution in [0, 0.1) is 11.8 Å². The molecule has 2 heterocycles. The van der Waals surface area contributed by atoms with Crippen molar-refractivity contribution in [1.29, 1.82) is 0 Å². The molecule has 0 aliphatic heterocycles. The van der Waals surface area contributed by atoms with Gasteiger partial charge in [-0.05, 0) is 41.7 Å². The van der Waals surface area contributed by atoms with E-state index >= 15 is 0 Å². The van der Waals surface area contributed by atoms with E-state index in [9.17, 15) is 4.79 Å². The molecule has 0 saturated heterocycles. The molecule has 0 bridgehead atoms. The third kappa shape index (κ3) is 6.77. The van der Waals surface area contributed by atoms with Crippen LogP contribution in [0.4, 0.5) is 5.82 Å². The number of anilines is 1. The number of nitrogens with one attached hydrogen (secondary N) is 1. The molecule has 1 aliphatic rings. The number of hydrogen-bond donors (Lipinski definition) is 2. The van der Waals surface area contributed by atoms with Gasteiger partial charge in [0, 0.05) is 12.7 Å². The fourth-order valence-electron chi connectivity index (χ4n) is 4.03. The highest BCUT2D eigenvalue weighted by atomic mass is 32.2. The van der Waals surface area contributed by atoms with Gasteiger partial charge in [0.15, 0.2) is 0 Å². The minimum Gasteiger partial charge on any atom is -0.369 e. The molecule has 164 valence electrons. The number of rotatable bonds is 12. The Bertz CT molecular complexity index is 793. The molecule has 1 saturated carbocycles. The monoisotopic (exact) mass is 448 g/mol. The van der Waals surface area contributed by atoms with Crippen molar-refractivity contribution < 1.29 is 8.98 Å². The fraction of sp³-hybridized carbons (Fsp3) is 0.591. The van der Waals surface area contributed by atoms with Gasteiger partial charge in [-0.25, -0.2) is 9.97 Å². The van der Waals surface area contributed by atoms with E-state index in [1.165, 1.54) is 55.3 Å². The summed E-state index contributed by atoms with van der Waals surface area (Å²) in [4.78, 5) is 22.3. The largest absolute Gasteiger partial charge is 0.369 e. The van der Waals surface area contributed by atoms with Gasteiger partial charge in [-0.1, -0.05) is 45.4 Å². The Hall–Kier alpha value is -1.48. The van der Waals surface area contributed by atoms with Crippen molar-refractivity contribution in [3.05, 3.63) is 40.0 Å². The van der Waals surface area contributed by atoms with Gasteiger partial charge in [-0.2, -0.15) is 0 Å². The molecular formula is C22H32N4O2S2. The summed E-state index contributed by atoms with van der Waals surface area (Å²) in [5.74, 6) is 1.77. The summed E-state index contributed by atoms with van der Waals surface area (Å²) < 4.78 is 5.25. The zero-order valence-corrected chi connectivity index (χ0v) is 19.3. The molecule has 3 rings (SSSR count). The Morgan fingerprint density at radius 2 is 2.23 bits per heavy atom. The van der Waals surface area contributed by atoms with Crippen molar-refractivity contribution in [2.24, 2.45) is 17.0 Å².